The van der Waals surface area contributed by atoms with Gasteiger partial charge in [0.1, 0.15) is 0 Å². The maximum absolute atomic E-state index is 3.45. The first kappa shape index (κ1) is 9.62. The Bertz CT molecular complexity index is 218. The van der Waals surface area contributed by atoms with Crippen LogP contribution in [0.5, 0.6) is 0 Å². The lowest BCUT2D eigenvalue weighted by Gasteiger charge is -2.00. The lowest BCUT2D eigenvalue weighted by atomic mass is 10.5. The molecule has 11 heavy (non-hydrogen) atoms. The van der Waals surface area contributed by atoms with E-state index in [1.54, 1.807) is 0 Å². The van der Waals surface area contributed by atoms with E-state index < -0.39 is 0 Å². The van der Waals surface area contributed by atoms with Crippen LogP contribution < -0.4 is 0 Å². The van der Waals surface area contributed by atoms with Gasteiger partial charge in [-0.3, -0.25) is 0 Å². The standard InChI is InChI=1S/C8H11BrS2/c1-6(2)10-5-7-3-4-8(9)11-7/h3-4,6H,5H2,1-2H3. The second-order valence-electron chi connectivity index (χ2n) is 2.57. The second-order valence-corrected chi connectivity index (χ2v) is 6.68. The van der Waals surface area contributed by atoms with Crippen molar-refractivity contribution in [1.82, 2.24) is 0 Å². The van der Waals surface area contributed by atoms with E-state index in [4.69, 9.17) is 0 Å². The largest absolute Gasteiger partial charge is 0.154 e. The van der Waals surface area contributed by atoms with Gasteiger partial charge in [-0.1, -0.05) is 13.8 Å². The van der Waals surface area contributed by atoms with Gasteiger partial charge in [-0.05, 0) is 33.3 Å². The highest BCUT2D eigenvalue weighted by atomic mass is 79.9. The molecule has 0 nitrogen and oxygen atoms in total. The van der Waals surface area contributed by atoms with E-state index in [-0.39, 0.29) is 0 Å². The summed E-state index contributed by atoms with van der Waals surface area (Å²) in [6, 6.07) is 4.30. The molecule has 0 aromatic carbocycles. The fourth-order valence-corrected chi connectivity index (χ4v) is 2.99. The van der Waals surface area contributed by atoms with Gasteiger partial charge in [-0.2, -0.15) is 11.8 Å². The zero-order chi connectivity index (χ0) is 8.27. The minimum atomic E-state index is 0.732. The molecule has 0 aliphatic rings. The molecular formula is C8H11BrS2. The molecule has 62 valence electrons. The number of hydrogen-bond acceptors (Lipinski definition) is 2. The van der Waals surface area contributed by atoms with Gasteiger partial charge in [0.25, 0.3) is 0 Å². The van der Waals surface area contributed by atoms with Crippen molar-refractivity contribution in [1.29, 1.82) is 0 Å². The normalized spacial score (nSPS) is 10.9. The van der Waals surface area contributed by atoms with Gasteiger partial charge >= 0.3 is 0 Å². The Hall–Kier alpha value is 0.530. The Morgan fingerprint density at radius 1 is 1.55 bits per heavy atom. The van der Waals surface area contributed by atoms with Crippen molar-refractivity contribution >= 4 is 39.0 Å². The fourth-order valence-electron chi connectivity index (χ4n) is 0.678. The second kappa shape index (κ2) is 4.53. The smallest absolute Gasteiger partial charge is 0.0701 e. The van der Waals surface area contributed by atoms with Crippen LogP contribution in [0.3, 0.4) is 0 Å². The van der Waals surface area contributed by atoms with Crippen molar-refractivity contribution in [2.75, 3.05) is 0 Å². The third kappa shape index (κ3) is 3.63. The van der Waals surface area contributed by atoms with Crippen molar-refractivity contribution in [3.63, 3.8) is 0 Å². The van der Waals surface area contributed by atoms with Gasteiger partial charge in [-0.25, -0.2) is 0 Å². The first-order valence-electron chi connectivity index (χ1n) is 3.54. The Balaban J connectivity index is 2.39. The number of rotatable bonds is 3. The molecule has 0 N–H and O–H groups in total. The van der Waals surface area contributed by atoms with E-state index in [1.807, 2.05) is 23.1 Å². The maximum Gasteiger partial charge on any atom is 0.0701 e. The van der Waals surface area contributed by atoms with E-state index in [2.05, 4.69) is 41.9 Å². The Morgan fingerprint density at radius 2 is 2.27 bits per heavy atom. The third-order valence-corrected chi connectivity index (χ3v) is 4.14. The number of thiophene rings is 1. The van der Waals surface area contributed by atoms with Crippen molar-refractivity contribution in [3.05, 3.63) is 20.8 Å². The molecular weight excluding hydrogens is 240 g/mol. The first-order valence-corrected chi connectivity index (χ1v) is 6.20. The molecule has 0 aliphatic carbocycles. The van der Waals surface area contributed by atoms with Crippen LogP contribution in [0.1, 0.15) is 18.7 Å². The minimum Gasteiger partial charge on any atom is -0.154 e. The molecule has 0 aliphatic heterocycles. The topological polar surface area (TPSA) is 0 Å². The molecule has 1 aromatic rings. The van der Waals surface area contributed by atoms with Crippen LogP contribution in [0.15, 0.2) is 15.9 Å². The van der Waals surface area contributed by atoms with Crippen LogP contribution in [0, 0.1) is 0 Å². The van der Waals surface area contributed by atoms with E-state index in [0.717, 1.165) is 11.0 Å². The summed E-state index contributed by atoms with van der Waals surface area (Å²) in [6.45, 7) is 4.46. The van der Waals surface area contributed by atoms with Crippen molar-refractivity contribution in [3.8, 4) is 0 Å². The van der Waals surface area contributed by atoms with Gasteiger partial charge < -0.3 is 0 Å². The summed E-state index contributed by atoms with van der Waals surface area (Å²) < 4.78 is 1.23. The average Bonchev–Trinajstić information content (AvgIpc) is 2.31. The molecule has 0 bridgehead atoms. The summed E-state index contributed by atoms with van der Waals surface area (Å²) >= 11 is 7.26. The average molecular weight is 251 g/mol. The van der Waals surface area contributed by atoms with Gasteiger partial charge in [0.05, 0.1) is 3.79 Å². The van der Waals surface area contributed by atoms with Crippen LogP contribution in [0.25, 0.3) is 0 Å². The Kier molecular flexibility index (Phi) is 3.96. The molecule has 0 unspecified atom stereocenters. The van der Waals surface area contributed by atoms with E-state index in [0.29, 0.717) is 0 Å². The highest BCUT2D eigenvalue weighted by molar-refractivity contribution is 9.11. The monoisotopic (exact) mass is 250 g/mol. The molecule has 1 rings (SSSR count). The molecule has 0 spiro atoms. The molecule has 0 radical (unpaired) electrons. The lowest BCUT2D eigenvalue weighted by molar-refractivity contribution is 1.11. The first-order chi connectivity index (χ1) is 5.18. The number of thioether (sulfide) groups is 1. The quantitative estimate of drug-likeness (QED) is 0.777. The summed E-state index contributed by atoms with van der Waals surface area (Å²) in [6.07, 6.45) is 0. The molecule has 3 heteroatoms. The van der Waals surface area contributed by atoms with Gasteiger partial charge in [0.2, 0.25) is 0 Å². The zero-order valence-electron chi connectivity index (χ0n) is 6.63. The van der Waals surface area contributed by atoms with Crippen LogP contribution in [-0.4, -0.2) is 5.25 Å². The summed E-state index contributed by atoms with van der Waals surface area (Å²) in [5, 5.41) is 0.732. The SMILES string of the molecule is CC(C)SCc1ccc(Br)s1. The van der Waals surface area contributed by atoms with E-state index in [9.17, 15) is 0 Å². The summed E-state index contributed by atoms with van der Waals surface area (Å²) in [5.41, 5.74) is 0. The van der Waals surface area contributed by atoms with Crippen LogP contribution in [0.4, 0.5) is 0 Å². The zero-order valence-corrected chi connectivity index (χ0v) is 9.85. The highest BCUT2D eigenvalue weighted by Crippen LogP contribution is 2.26. The number of hydrogen-bond donors (Lipinski definition) is 0. The molecule has 0 atom stereocenters. The minimum absolute atomic E-state index is 0.732. The van der Waals surface area contributed by atoms with Gasteiger partial charge in [0.15, 0.2) is 0 Å². The molecule has 1 aromatic heterocycles. The molecule has 0 saturated heterocycles. The van der Waals surface area contributed by atoms with E-state index >= 15 is 0 Å². The molecule has 0 amide bonds. The Labute approximate surface area is 84.5 Å². The highest BCUT2D eigenvalue weighted by Gasteiger charge is 1.99. The summed E-state index contributed by atoms with van der Waals surface area (Å²) in [4.78, 5) is 1.45. The van der Waals surface area contributed by atoms with Crippen molar-refractivity contribution in [2.24, 2.45) is 0 Å². The summed E-state index contributed by atoms with van der Waals surface area (Å²) in [7, 11) is 0. The predicted molar refractivity (Wildman–Crippen MR) is 58.5 cm³/mol. The summed E-state index contributed by atoms with van der Waals surface area (Å²) in [5.74, 6) is 1.15. The Morgan fingerprint density at radius 3 is 2.73 bits per heavy atom. The molecule has 0 fully saturated rings. The lowest BCUT2D eigenvalue weighted by Crippen LogP contribution is -1.85. The van der Waals surface area contributed by atoms with Crippen molar-refractivity contribution in [2.45, 2.75) is 24.9 Å². The third-order valence-electron chi connectivity index (χ3n) is 1.19. The molecule has 0 saturated carbocycles. The van der Waals surface area contributed by atoms with E-state index in [1.165, 1.54) is 8.66 Å². The predicted octanol–water partition coefficient (Wildman–Crippen LogP) is 4.15. The molecule has 1 heterocycles. The van der Waals surface area contributed by atoms with Crippen LogP contribution >= 0.6 is 39.0 Å². The van der Waals surface area contributed by atoms with Gasteiger partial charge in [0, 0.05) is 10.6 Å². The fraction of sp³-hybridized carbons (Fsp3) is 0.500. The maximum atomic E-state index is 3.45. The van der Waals surface area contributed by atoms with Crippen molar-refractivity contribution < 1.29 is 0 Å². The van der Waals surface area contributed by atoms with Crippen LogP contribution in [-0.2, 0) is 5.75 Å². The van der Waals surface area contributed by atoms with Gasteiger partial charge in [-0.15, -0.1) is 11.3 Å². The van der Waals surface area contributed by atoms with Crippen LogP contribution in [0.2, 0.25) is 0 Å². The number of halogens is 1.